The van der Waals surface area contributed by atoms with Crippen LogP contribution in [0.15, 0.2) is 22.7 Å². The van der Waals surface area contributed by atoms with E-state index in [9.17, 15) is 4.39 Å². The van der Waals surface area contributed by atoms with Crippen molar-refractivity contribution in [3.05, 3.63) is 28.5 Å². The number of benzene rings is 1. The molecule has 2 rings (SSSR count). The monoisotopic (exact) mass is 299 g/mol. The summed E-state index contributed by atoms with van der Waals surface area (Å²) in [4.78, 5) is 0. The molecule has 94 valence electrons. The zero-order valence-electron chi connectivity index (χ0n) is 10.3. The number of nitrogens with one attached hydrogen (secondary N) is 1. The lowest BCUT2D eigenvalue weighted by Gasteiger charge is -2.34. The van der Waals surface area contributed by atoms with Crippen LogP contribution >= 0.6 is 15.9 Å². The fourth-order valence-electron chi connectivity index (χ4n) is 2.53. The van der Waals surface area contributed by atoms with Gasteiger partial charge in [0.2, 0.25) is 0 Å². The molecule has 0 aliphatic heterocycles. The molecular formula is C14H19BrFN. The summed E-state index contributed by atoms with van der Waals surface area (Å²) in [5.74, 6) is 1.27. The summed E-state index contributed by atoms with van der Waals surface area (Å²) in [5.41, 5.74) is 1.00. The predicted octanol–water partition coefficient (Wildman–Crippen LogP) is 4.82. The van der Waals surface area contributed by atoms with Gasteiger partial charge in [-0.25, -0.2) is 4.39 Å². The minimum Gasteiger partial charge on any atom is -0.382 e. The molecule has 0 bridgehead atoms. The Morgan fingerprint density at radius 3 is 2.76 bits per heavy atom. The Bertz CT molecular complexity index is 394. The van der Waals surface area contributed by atoms with Crippen LogP contribution in [0.25, 0.3) is 0 Å². The highest BCUT2D eigenvalue weighted by Crippen LogP contribution is 2.31. The Morgan fingerprint density at radius 1 is 1.29 bits per heavy atom. The van der Waals surface area contributed by atoms with Crippen molar-refractivity contribution >= 4 is 21.6 Å². The van der Waals surface area contributed by atoms with E-state index >= 15 is 0 Å². The average molecular weight is 300 g/mol. The van der Waals surface area contributed by atoms with E-state index in [1.54, 1.807) is 0 Å². The smallest absolute Gasteiger partial charge is 0.137 e. The third kappa shape index (κ3) is 3.21. The number of hydrogen-bond acceptors (Lipinski definition) is 1. The van der Waals surface area contributed by atoms with Gasteiger partial charge in [-0.3, -0.25) is 0 Å². The molecule has 1 saturated carbocycles. The largest absolute Gasteiger partial charge is 0.382 e. The molecule has 0 saturated heterocycles. The van der Waals surface area contributed by atoms with Crippen molar-refractivity contribution in [1.29, 1.82) is 0 Å². The Hall–Kier alpha value is -0.570. The van der Waals surface area contributed by atoms with E-state index < -0.39 is 0 Å². The molecule has 1 fully saturated rings. The first-order valence-electron chi connectivity index (χ1n) is 6.28. The molecule has 3 unspecified atom stereocenters. The molecule has 0 heterocycles. The third-order valence-electron chi connectivity index (χ3n) is 3.73. The van der Waals surface area contributed by atoms with Gasteiger partial charge >= 0.3 is 0 Å². The minimum absolute atomic E-state index is 0.208. The lowest BCUT2D eigenvalue weighted by molar-refractivity contribution is 0.280. The number of anilines is 1. The second-order valence-corrected chi connectivity index (χ2v) is 6.13. The first-order valence-corrected chi connectivity index (χ1v) is 7.07. The first kappa shape index (κ1) is 12.9. The van der Waals surface area contributed by atoms with Gasteiger partial charge in [0.25, 0.3) is 0 Å². The van der Waals surface area contributed by atoms with E-state index in [-0.39, 0.29) is 5.82 Å². The SMILES string of the molecule is CC1CCC(C)C(Nc2ccc(F)c(Br)c2)C1. The zero-order chi connectivity index (χ0) is 12.4. The topological polar surface area (TPSA) is 12.0 Å². The van der Waals surface area contributed by atoms with Gasteiger partial charge in [-0.05, 0) is 58.8 Å². The van der Waals surface area contributed by atoms with Crippen molar-refractivity contribution in [3.63, 3.8) is 0 Å². The van der Waals surface area contributed by atoms with Gasteiger partial charge in [-0.1, -0.05) is 20.3 Å². The summed E-state index contributed by atoms with van der Waals surface area (Å²) in [6, 6.07) is 5.65. The molecule has 3 atom stereocenters. The highest BCUT2D eigenvalue weighted by atomic mass is 79.9. The number of hydrogen-bond donors (Lipinski definition) is 1. The maximum atomic E-state index is 13.1. The van der Waals surface area contributed by atoms with Gasteiger partial charge in [0.05, 0.1) is 4.47 Å². The first-order chi connectivity index (χ1) is 8.06. The molecule has 17 heavy (non-hydrogen) atoms. The van der Waals surface area contributed by atoms with E-state index in [0.717, 1.165) is 11.6 Å². The van der Waals surface area contributed by atoms with E-state index in [2.05, 4.69) is 35.1 Å². The summed E-state index contributed by atoms with van der Waals surface area (Å²) >= 11 is 3.22. The summed E-state index contributed by atoms with van der Waals surface area (Å²) in [6.07, 6.45) is 3.81. The second-order valence-electron chi connectivity index (χ2n) is 5.28. The zero-order valence-corrected chi connectivity index (χ0v) is 11.9. The lowest BCUT2D eigenvalue weighted by atomic mass is 9.80. The van der Waals surface area contributed by atoms with Crippen LogP contribution < -0.4 is 5.32 Å². The minimum atomic E-state index is -0.208. The van der Waals surface area contributed by atoms with E-state index in [0.29, 0.717) is 16.4 Å². The lowest BCUT2D eigenvalue weighted by Crippen LogP contribution is -2.33. The molecule has 0 aromatic heterocycles. The van der Waals surface area contributed by atoms with Crippen molar-refractivity contribution in [1.82, 2.24) is 0 Å². The van der Waals surface area contributed by atoms with Gasteiger partial charge in [0.1, 0.15) is 5.82 Å². The Morgan fingerprint density at radius 2 is 2.06 bits per heavy atom. The normalized spacial score (nSPS) is 29.1. The summed E-state index contributed by atoms with van der Waals surface area (Å²) < 4.78 is 13.7. The van der Waals surface area contributed by atoms with Crippen LogP contribution in [0.5, 0.6) is 0 Å². The molecule has 0 spiro atoms. The van der Waals surface area contributed by atoms with Crippen molar-refractivity contribution < 1.29 is 4.39 Å². The van der Waals surface area contributed by atoms with Crippen molar-refractivity contribution in [2.75, 3.05) is 5.32 Å². The molecular weight excluding hydrogens is 281 g/mol. The fourth-order valence-corrected chi connectivity index (χ4v) is 2.91. The molecule has 1 aromatic rings. The summed E-state index contributed by atoms with van der Waals surface area (Å²) in [7, 11) is 0. The van der Waals surface area contributed by atoms with E-state index in [1.807, 2.05) is 12.1 Å². The van der Waals surface area contributed by atoms with Crippen LogP contribution in [0.3, 0.4) is 0 Å². The Kier molecular flexibility index (Phi) is 4.08. The molecule has 1 N–H and O–H groups in total. The molecule has 1 aliphatic carbocycles. The van der Waals surface area contributed by atoms with Crippen molar-refractivity contribution in [2.24, 2.45) is 11.8 Å². The predicted molar refractivity (Wildman–Crippen MR) is 73.7 cm³/mol. The van der Waals surface area contributed by atoms with Gasteiger partial charge in [-0.15, -0.1) is 0 Å². The van der Waals surface area contributed by atoms with Crippen LogP contribution in [-0.2, 0) is 0 Å². The van der Waals surface area contributed by atoms with Crippen LogP contribution in [0.2, 0.25) is 0 Å². The van der Waals surface area contributed by atoms with Crippen molar-refractivity contribution in [3.8, 4) is 0 Å². The molecule has 1 aliphatic rings. The van der Waals surface area contributed by atoms with Gasteiger partial charge in [0, 0.05) is 11.7 Å². The third-order valence-corrected chi connectivity index (χ3v) is 4.34. The molecule has 3 heteroatoms. The van der Waals surface area contributed by atoms with E-state index in [1.165, 1.54) is 25.3 Å². The molecule has 0 radical (unpaired) electrons. The van der Waals surface area contributed by atoms with Crippen LogP contribution in [0, 0.1) is 17.7 Å². The molecule has 0 amide bonds. The second kappa shape index (κ2) is 5.38. The van der Waals surface area contributed by atoms with Crippen molar-refractivity contribution in [2.45, 2.75) is 39.2 Å². The standard InChI is InChI=1S/C14H19BrFN/c1-9-3-4-10(2)14(7-9)17-11-5-6-13(16)12(15)8-11/h5-6,8-10,14,17H,3-4,7H2,1-2H3. The summed E-state index contributed by atoms with van der Waals surface area (Å²) in [5, 5.41) is 3.53. The molecule has 1 aromatic carbocycles. The molecule has 1 nitrogen and oxygen atoms in total. The number of halogens is 2. The van der Waals surface area contributed by atoms with Gasteiger partial charge in [-0.2, -0.15) is 0 Å². The Balaban J connectivity index is 2.06. The fraction of sp³-hybridized carbons (Fsp3) is 0.571. The Labute approximate surface area is 111 Å². The average Bonchev–Trinajstić information content (AvgIpc) is 2.29. The maximum absolute atomic E-state index is 13.1. The van der Waals surface area contributed by atoms with Gasteiger partial charge < -0.3 is 5.32 Å². The van der Waals surface area contributed by atoms with Gasteiger partial charge in [0.15, 0.2) is 0 Å². The maximum Gasteiger partial charge on any atom is 0.137 e. The highest BCUT2D eigenvalue weighted by Gasteiger charge is 2.25. The quantitative estimate of drug-likeness (QED) is 0.825. The van der Waals surface area contributed by atoms with Crippen LogP contribution in [0.1, 0.15) is 33.1 Å². The number of rotatable bonds is 2. The van der Waals surface area contributed by atoms with Crippen LogP contribution in [-0.4, -0.2) is 6.04 Å². The van der Waals surface area contributed by atoms with E-state index in [4.69, 9.17) is 0 Å². The van der Waals surface area contributed by atoms with Crippen LogP contribution in [0.4, 0.5) is 10.1 Å². The highest BCUT2D eigenvalue weighted by molar-refractivity contribution is 9.10. The summed E-state index contributed by atoms with van der Waals surface area (Å²) in [6.45, 7) is 4.60.